The number of carbonyl (C=O) groups excluding carboxylic acids is 4. The van der Waals surface area contributed by atoms with E-state index in [2.05, 4.69) is 0 Å². The summed E-state index contributed by atoms with van der Waals surface area (Å²) in [4.78, 5) is 53.1. The number of hydrogen-bond acceptors (Lipinski definition) is 6. The molecule has 1 atom stereocenters. The third kappa shape index (κ3) is 4.76. The Balaban J connectivity index is 1.38. The molecule has 48 heavy (non-hydrogen) atoms. The summed E-state index contributed by atoms with van der Waals surface area (Å²) in [5.41, 5.74) is 2.58. The van der Waals surface area contributed by atoms with E-state index in [-0.39, 0.29) is 60.0 Å². The van der Waals surface area contributed by atoms with Gasteiger partial charge in [-0.15, -0.1) is 0 Å². The lowest BCUT2D eigenvalue weighted by Crippen LogP contribution is -2.31. The Bertz CT molecular complexity index is 2260. The molecule has 246 valence electrons. The van der Waals surface area contributed by atoms with Gasteiger partial charge in [0, 0.05) is 7.05 Å². The molecule has 0 spiro atoms. The Morgan fingerprint density at radius 2 is 1.04 bits per heavy atom. The highest BCUT2D eigenvalue weighted by molar-refractivity contribution is 7.91. The molecule has 0 aliphatic carbocycles. The lowest BCUT2D eigenvalue weighted by Gasteiger charge is -2.28. The zero-order valence-corrected chi connectivity index (χ0v) is 27.6. The number of hydrogen-bond donors (Lipinski definition) is 0. The Morgan fingerprint density at radius 3 is 1.60 bits per heavy atom. The van der Waals surface area contributed by atoms with Crippen LogP contribution < -0.4 is 4.90 Å². The van der Waals surface area contributed by atoms with Crippen LogP contribution in [0, 0.1) is 34.6 Å². The van der Waals surface area contributed by atoms with E-state index in [1.54, 1.807) is 19.9 Å². The molecule has 0 radical (unpaired) electrons. The number of amides is 4. The van der Waals surface area contributed by atoms with Crippen LogP contribution in [0.3, 0.4) is 0 Å². The van der Waals surface area contributed by atoms with Gasteiger partial charge in [-0.05, 0) is 116 Å². The molecule has 0 N–H and O–H groups in total. The third-order valence-electron chi connectivity index (χ3n) is 9.63. The second-order valence-electron chi connectivity index (χ2n) is 12.2. The number of anilines is 1. The van der Waals surface area contributed by atoms with Gasteiger partial charge in [-0.2, -0.15) is 13.2 Å². The van der Waals surface area contributed by atoms with Crippen LogP contribution in [0.1, 0.15) is 86.3 Å². The van der Waals surface area contributed by atoms with E-state index >= 15 is 0 Å². The van der Waals surface area contributed by atoms with E-state index in [4.69, 9.17) is 0 Å². The standard InChI is InChI=1S/C36H29F3N2O6S/c1-17-7-10-24(19(3)18(17)2)31(36(37,38)39)25-13-14-30(21(5)20(25)4)41-34(44)27-12-9-23(16-29(27)35(41)45)48(46,47)22-8-11-26-28(15-22)33(43)40(6)32(26)42/h7-16,31H,1-6H3. The smallest absolute Gasteiger partial charge is 0.277 e. The first-order valence-electron chi connectivity index (χ1n) is 14.9. The lowest BCUT2D eigenvalue weighted by molar-refractivity contribution is -0.141. The topological polar surface area (TPSA) is 109 Å². The molecule has 8 nitrogen and oxygen atoms in total. The minimum Gasteiger partial charge on any atom is -0.277 e. The van der Waals surface area contributed by atoms with Crippen LogP contribution >= 0.6 is 0 Å². The average molecular weight is 675 g/mol. The summed E-state index contributed by atoms with van der Waals surface area (Å²) in [5.74, 6) is -4.76. The maximum atomic E-state index is 14.7. The monoisotopic (exact) mass is 674 g/mol. The van der Waals surface area contributed by atoms with E-state index in [1.807, 2.05) is 6.92 Å². The fourth-order valence-electron chi connectivity index (χ4n) is 6.44. The molecule has 0 bridgehead atoms. The molecule has 0 fully saturated rings. The Hall–Kier alpha value is -5.10. The lowest BCUT2D eigenvalue weighted by atomic mass is 9.82. The highest BCUT2D eigenvalue weighted by atomic mass is 32.2. The molecule has 4 aromatic carbocycles. The molecular formula is C36H29F3N2O6S. The second-order valence-corrected chi connectivity index (χ2v) is 14.1. The van der Waals surface area contributed by atoms with Gasteiger partial charge in [0.05, 0.1) is 37.7 Å². The first-order valence-corrected chi connectivity index (χ1v) is 16.3. The van der Waals surface area contributed by atoms with Gasteiger partial charge in [0.2, 0.25) is 9.84 Å². The summed E-state index contributed by atoms with van der Waals surface area (Å²) in [6.45, 7) is 8.31. The molecule has 0 aromatic heterocycles. The van der Waals surface area contributed by atoms with Gasteiger partial charge < -0.3 is 0 Å². The van der Waals surface area contributed by atoms with Gasteiger partial charge in [0.1, 0.15) is 5.92 Å². The number of aryl methyl sites for hydroxylation is 1. The van der Waals surface area contributed by atoms with Crippen LogP contribution in [-0.4, -0.2) is 50.2 Å². The van der Waals surface area contributed by atoms with Gasteiger partial charge >= 0.3 is 6.18 Å². The third-order valence-corrected chi connectivity index (χ3v) is 11.4. The van der Waals surface area contributed by atoms with Crippen molar-refractivity contribution >= 4 is 39.2 Å². The number of fused-ring (bicyclic) bond motifs is 2. The van der Waals surface area contributed by atoms with Gasteiger partial charge in [0.15, 0.2) is 0 Å². The molecule has 2 aliphatic rings. The predicted octanol–water partition coefficient (Wildman–Crippen LogP) is 6.78. The van der Waals surface area contributed by atoms with Crippen molar-refractivity contribution in [2.75, 3.05) is 11.9 Å². The van der Waals surface area contributed by atoms with Crippen molar-refractivity contribution in [2.45, 2.75) is 56.5 Å². The summed E-state index contributed by atoms with van der Waals surface area (Å²) in [5, 5.41) is 0. The van der Waals surface area contributed by atoms with Crippen LogP contribution in [0.5, 0.6) is 0 Å². The first-order chi connectivity index (χ1) is 22.4. The van der Waals surface area contributed by atoms with E-state index in [0.29, 0.717) is 5.56 Å². The minimum absolute atomic E-state index is 0.0131. The predicted molar refractivity (Wildman–Crippen MR) is 170 cm³/mol. The van der Waals surface area contributed by atoms with E-state index < -0.39 is 45.6 Å². The molecule has 0 saturated carbocycles. The summed E-state index contributed by atoms with van der Waals surface area (Å²) in [6, 6.07) is 12.7. The van der Waals surface area contributed by atoms with Crippen molar-refractivity contribution in [1.82, 2.24) is 4.90 Å². The number of rotatable bonds is 5. The van der Waals surface area contributed by atoms with Crippen molar-refractivity contribution < 1.29 is 40.8 Å². The van der Waals surface area contributed by atoms with E-state index in [0.717, 1.165) is 39.1 Å². The van der Waals surface area contributed by atoms with Gasteiger partial charge in [0.25, 0.3) is 23.6 Å². The average Bonchev–Trinajstić information content (AvgIpc) is 3.41. The number of imide groups is 2. The molecule has 4 aromatic rings. The van der Waals surface area contributed by atoms with Crippen LogP contribution in [-0.2, 0) is 9.84 Å². The highest BCUT2D eigenvalue weighted by Gasteiger charge is 2.45. The number of halogens is 3. The second kappa shape index (κ2) is 11.0. The molecular weight excluding hydrogens is 645 g/mol. The first kappa shape index (κ1) is 32.8. The van der Waals surface area contributed by atoms with Crippen LogP contribution in [0.4, 0.5) is 18.9 Å². The van der Waals surface area contributed by atoms with Gasteiger partial charge in [-0.3, -0.25) is 24.1 Å². The fourth-order valence-corrected chi connectivity index (χ4v) is 7.75. The van der Waals surface area contributed by atoms with Crippen LogP contribution in [0.2, 0.25) is 0 Å². The van der Waals surface area contributed by atoms with Crippen molar-refractivity contribution in [3.8, 4) is 0 Å². The minimum atomic E-state index is -4.64. The van der Waals surface area contributed by atoms with E-state index in [9.17, 15) is 40.8 Å². The normalized spacial score (nSPS) is 15.4. The van der Waals surface area contributed by atoms with E-state index in [1.165, 1.54) is 57.3 Å². The fraction of sp³-hybridized carbons (Fsp3) is 0.222. The molecule has 6 rings (SSSR count). The number of nitrogens with zero attached hydrogens (tertiary/aromatic N) is 2. The molecule has 0 saturated heterocycles. The Labute approximate surface area is 274 Å². The highest BCUT2D eigenvalue weighted by Crippen LogP contribution is 2.45. The van der Waals surface area contributed by atoms with Crippen LogP contribution in [0.25, 0.3) is 0 Å². The zero-order chi connectivity index (χ0) is 35.2. The molecule has 2 heterocycles. The zero-order valence-electron chi connectivity index (χ0n) is 26.7. The van der Waals surface area contributed by atoms with Crippen molar-refractivity contribution in [3.63, 3.8) is 0 Å². The number of carbonyl (C=O) groups is 4. The molecule has 2 aliphatic heterocycles. The van der Waals surface area contributed by atoms with Crippen molar-refractivity contribution in [3.05, 3.63) is 122 Å². The molecule has 4 amide bonds. The quantitative estimate of drug-likeness (QED) is 0.216. The maximum Gasteiger partial charge on any atom is 0.399 e. The Morgan fingerprint density at radius 1 is 0.583 bits per heavy atom. The number of alkyl halides is 3. The van der Waals surface area contributed by atoms with Crippen LogP contribution in [0.15, 0.2) is 70.5 Å². The molecule has 1 unspecified atom stereocenters. The summed E-state index contributed by atoms with van der Waals surface area (Å²) < 4.78 is 71.3. The summed E-state index contributed by atoms with van der Waals surface area (Å²) in [7, 11) is -3.03. The number of sulfone groups is 1. The summed E-state index contributed by atoms with van der Waals surface area (Å²) in [6.07, 6.45) is -4.64. The SMILES string of the molecule is Cc1ccc(C(c2ccc(N3C(=O)c4ccc(S(=O)(=O)c5ccc6c(c5)C(=O)N(C)C6=O)cc4C3=O)c(C)c2C)C(F)(F)F)c(C)c1C. The molecule has 12 heteroatoms. The maximum absolute atomic E-state index is 14.7. The van der Waals surface area contributed by atoms with Crippen molar-refractivity contribution in [2.24, 2.45) is 0 Å². The number of benzene rings is 4. The van der Waals surface area contributed by atoms with Crippen molar-refractivity contribution in [1.29, 1.82) is 0 Å². The largest absolute Gasteiger partial charge is 0.399 e. The Kier molecular flexibility index (Phi) is 7.51. The van der Waals surface area contributed by atoms with Gasteiger partial charge in [-0.25, -0.2) is 13.3 Å². The summed E-state index contributed by atoms with van der Waals surface area (Å²) >= 11 is 0. The van der Waals surface area contributed by atoms with Gasteiger partial charge in [-0.1, -0.05) is 18.2 Å².